The van der Waals surface area contributed by atoms with E-state index in [1.807, 2.05) is 0 Å². The van der Waals surface area contributed by atoms with Crippen LogP contribution in [-0.2, 0) is 22.6 Å². The highest BCUT2D eigenvalue weighted by molar-refractivity contribution is 7.13. The predicted octanol–water partition coefficient (Wildman–Crippen LogP) is 2.58. The summed E-state index contributed by atoms with van der Waals surface area (Å²) >= 11 is 7.28. The third-order valence-electron chi connectivity index (χ3n) is 5.82. The Morgan fingerprint density at radius 2 is 1.75 bits per heavy atom. The molecule has 0 unspecified atom stereocenters. The van der Waals surface area contributed by atoms with Gasteiger partial charge in [0, 0.05) is 47.2 Å². The van der Waals surface area contributed by atoms with Crippen molar-refractivity contribution in [3.8, 4) is 0 Å². The van der Waals surface area contributed by atoms with Gasteiger partial charge in [-0.1, -0.05) is 24.4 Å². The van der Waals surface area contributed by atoms with Gasteiger partial charge in [0.15, 0.2) is 5.01 Å². The number of likely N-dealkylation sites (N-methyl/N-ethyl adjacent to an activating group) is 1. The third-order valence-corrected chi connectivity index (χ3v) is 7.16. The second kappa shape index (κ2) is 9.97. The van der Waals surface area contributed by atoms with Crippen molar-refractivity contribution < 1.29 is 14.4 Å². The minimum absolute atomic E-state index is 0.219. The molecule has 1 aliphatic heterocycles. The van der Waals surface area contributed by atoms with Crippen LogP contribution in [0.4, 0.5) is 5.69 Å². The highest BCUT2D eigenvalue weighted by Crippen LogP contribution is 2.25. The van der Waals surface area contributed by atoms with Gasteiger partial charge in [-0.2, -0.15) is 0 Å². The minimum atomic E-state index is -0.750. The van der Waals surface area contributed by atoms with E-state index in [0.29, 0.717) is 22.1 Å². The fraction of sp³-hybridized carbons (Fsp3) is 0.455. The summed E-state index contributed by atoms with van der Waals surface area (Å²) in [6.45, 7) is 1.75. The number of rotatable bonds is 4. The number of nitrogens with zero attached hydrogens (tertiary/aromatic N) is 2. The van der Waals surface area contributed by atoms with Gasteiger partial charge in [-0.05, 0) is 44.2 Å². The summed E-state index contributed by atoms with van der Waals surface area (Å²) in [7, 11) is 2.06. The zero-order valence-corrected chi connectivity index (χ0v) is 19.4. The molecule has 1 aromatic heterocycles. The van der Waals surface area contributed by atoms with Crippen LogP contribution in [0.15, 0.2) is 24.3 Å². The smallest absolute Gasteiger partial charge is 0.313 e. The van der Waals surface area contributed by atoms with Gasteiger partial charge in [0.25, 0.3) is 5.91 Å². The highest BCUT2D eigenvalue weighted by Gasteiger charge is 2.31. The molecule has 3 amide bonds. The van der Waals surface area contributed by atoms with Crippen LogP contribution in [0.2, 0.25) is 5.02 Å². The molecule has 170 valence electrons. The summed E-state index contributed by atoms with van der Waals surface area (Å²) < 4.78 is 0. The van der Waals surface area contributed by atoms with Crippen molar-refractivity contribution in [1.29, 1.82) is 0 Å². The number of thiazole rings is 1. The lowest BCUT2D eigenvalue weighted by Gasteiger charge is -2.32. The lowest BCUT2D eigenvalue weighted by Crippen LogP contribution is -2.55. The van der Waals surface area contributed by atoms with Gasteiger partial charge in [-0.25, -0.2) is 4.98 Å². The molecular weight excluding hydrogens is 450 g/mol. The molecule has 1 fully saturated rings. The van der Waals surface area contributed by atoms with E-state index in [4.69, 9.17) is 11.6 Å². The summed E-state index contributed by atoms with van der Waals surface area (Å²) in [5.41, 5.74) is 1.49. The van der Waals surface area contributed by atoms with Crippen LogP contribution >= 0.6 is 22.9 Å². The molecule has 4 rings (SSSR count). The Bertz CT molecular complexity index is 1010. The van der Waals surface area contributed by atoms with Crippen molar-refractivity contribution in [1.82, 2.24) is 20.5 Å². The molecule has 2 atom stereocenters. The fourth-order valence-electron chi connectivity index (χ4n) is 4.08. The topological polar surface area (TPSA) is 103 Å². The van der Waals surface area contributed by atoms with E-state index in [1.54, 1.807) is 24.3 Å². The molecule has 0 spiro atoms. The summed E-state index contributed by atoms with van der Waals surface area (Å²) in [6.07, 6.45) is 4.16. The normalized spacial score (nSPS) is 20.8. The lowest BCUT2D eigenvalue weighted by atomic mass is 9.90. The molecule has 2 heterocycles. The van der Waals surface area contributed by atoms with Crippen LogP contribution in [0, 0.1) is 0 Å². The largest absolute Gasteiger partial charge is 0.345 e. The number of benzene rings is 1. The predicted molar refractivity (Wildman–Crippen MR) is 124 cm³/mol. The maximum Gasteiger partial charge on any atom is 0.313 e. The SMILES string of the molecule is CN1CCc2nc(C(=O)N[C@@H]3CCCC[C@@H]3NC(=O)C(=O)Nc3ccc(Cl)cc3)sc2C1. The quantitative estimate of drug-likeness (QED) is 0.590. The number of anilines is 1. The molecule has 3 N–H and O–H groups in total. The zero-order chi connectivity index (χ0) is 22.7. The number of carbonyl (C=O) groups is 3. The van der Waals surface area contributed by atoms with E-state index in [0.717, 1.165) is 49.3 Å². The van der Waals surface area contributed by atoms with Crippen molar-refractivity contribution in [2.45, 2.75) is 50.7 Å². The van der Waals surface area contributed by atoms with Crippen molar-refractivity contribution >= 4 is 46.3 Å². The van der Waals surface area contributed by atoms with E-state index in [9.17, 15) is 14.4 Å². The molecule has 8 nitrogen and oxygen atoms in total. The van der Waals surface area contributed by atoms with Crippen molar-refractivity contribution in [2.24, 2.45) is 0 Å². The van der Waals surface area contributed by atoms with E-state index >= 15 is 0 Å². The van der Waals surface area contributed by atoms with Crippen molar-refractivity contribution in [2.75, 3.05) is 18.9 Å². The molecule has 2 aromatic rings. The van der Waals surface area contributed by atoms with Gasteiger partial charge in [0.2, 0.25) is 0 Å². The Morgan fingerprint density at radius 1 is 1.06 bits per heavy atom. The second-order valence-corrected chi connectivity index (χ2v) is 9.80. The Kier molecular flexibility index (Phi) is 7.07. The first-order valence-electron chi connectivity index (χ1n) is 10.7. The third kappa shape index (κ3) is 5.46. The maximum atomic E-state index is 12.9. The number of amides is 3. The van der Waals surface area contributed by atoms with E-state index in [1.165, 1.54) is 11.3 Å². The molecular formula is C22H26ClN5O3S. The van der Waals surface area contributed by atoms with Gasteiger partial charge in [-0.3, -0.25) is 14.4 Å². The Hall–Kier alpha value is -2.49. The minimum Gasteiger partial charge on any atom is -0.345 e. The van der Waals surface area contributed by atoms with E-state index < -0.39 is 11.8 Å². The molecule has 10 heteroatoms. The molecule has 1 aromatic carbocycles. The van der Waals surface area contributed by atoms with E-state index in [-0.39, 0.29) is 18.0 Å². The van der Waals surface area contributed by atoms with Gasteiger partial charge in [0.05, 0.1) is 5.69 Å². The highest BCUT2D eigenvalue weighted by atomic mass is 35.5. The Labute approximate surface area is 195 Å². The van der Waals surface area contributed by atoms with Gasteiger partial charge in [0.1, 0.15) is 0 Å². The Balaban J connectivity index is 1.36. The molecule has 2 aliphatic rings. The number of hydrogen-bond acceptors (Lipinski definition) is 6. The van der Waals surface area contributed by atoms with Crippen LogP contribution in [-0.4, -0.2) is 53.3 Å². The first-order valence-corrected chi connectivity index (χ1v) is 11.9. The van der Waals surface area contributed by atoms with Crippen molar-refractivity contribution in [3.05, 3.63) is 44.9 Å². The second-order valence-electron chi connectivity index (χ2n) is 8.28. The molecule has 0 saturated heterocycles. The van der Waals surface area contributed by atoms with Crippen molar-refractivity contribution in [3.63, 3.8) is 0 Å². The number of nitrogens with one attached hydrogen (secondary N) is 3. The van der Waals surface area contributed by atoms with Gasteiger partial charge in [-0.15, -0.1) is 11.3 Å². The van der Waals surface area contributed by atoms with Crippen LogP contribution < -0.4 is 16.0 Å². The fourth-order valence-corrected chi connectivity index (χ4v) is 5.30. The van der Waals surface area contributed by atoms with E-state index in [2.05, 4.69) is 32.9 Å². The number of fused-ring (bicyclic) bond motifs is 1. The first-order chi connectivity index (χ1) is 15.4. The summed E-state index contributed by atoms with van der Waals surface area (Å²) in [4.78, 5) is 45.5. The first kappa shape index (κ1) is 22.7. The summed E-state index contributed by atoms with van der Waals surface area (Å²) in [5.74, 6) is -1.69. The monoisotopic (exact) mass is 475 g/mol. The number of carbonyl (C=O) groups excluding carboxylic acids is 3. The van der Waals surface area contributed by atoms with Gasteiger partial charge < -0.3 is 20.9 Å². The molecule has 1 saturated carbocycles. The van der Waals surface area contributed by atoms with Crippen LogP contribution in [0.1, 0.15) is 46.1 Å². The average Bonchev–Trinajstić information content (AvgIpc) is 3.20. The van der Waals surface area contributed by atoms with Crippen LogP contribution in [0.5, 0.6) is 0 Å². The summed E-state index contributed by atoms with van der Waals surface area (Å²) in [6, 6.07) is 5.97. The lowest BCUT2D eigenvalue weighted by molar-refractivity contribution is -0.136. The zero-order valence-electron chi connectivity index (χ0n) is 17.8. The number of hydrogen-bond donors (Lipinski definition) is 3. The summed E-state index contributed by atoms with van der Waals surface area (Å²) in [5, 5.41) is 9.40. The van der Waals surface area contributed by atoms with Crippen LogP contribution in [0.25, 0.3) is 0 Å². The Morgan fingerprint density at radius 3 is 2.47 bits per heavy atom. The molecule has 32 heavy (non-hydrogen) atoms. The number of halogens is 1. The standard InChI is InChI=1S/C22H26ClN5O3S/c1-28-11-10-17-18(12-28)32-22(27-17)21(31)26-16-5-3-2-4-15(16)25-20(30)19(29)24-14-8-6-13(23)7-9-14/h6-9,15-16H,2-5,10-12H2,1H3,(H,24,29)(H,25,30)(H,26,31)/t15-,16+/m0/s1. The average molecular weight is 476 g/mol. The van der Waals surface area contributed by atoms with Gasteiger partial charge >= 0.3 is 11.8 Å². The molecule has 0 bridgehead atoms. The number of aromatic nitrogens is 1. The molecule has 0 radical (unpaired) electrons. The van der Waals surface area contributed by atoms with Crippen LogP contribution in [0.3, 0.4) is 0 Å². The molecule has 1 aliphatic carbocycles. The maximum absolute atomic E-state index is 12.9.